The first-order valence-corrected chi connectivity index (χ1v) is 17.1. The molecule has 0 radical (unpaired) electrons. The van der Waals surface area contributed by atoms with Crippen molar-refractivity contribution in [2.24, 2.45) is 17.6 Å². The molecule has 0 aromatic heterocycles. The van der Waals surface area contributed by atoms with E-state index in [9.17, 15) is 18.0 Å². The third kappa shape index (κ3) is 8.23. The molecule has 45 heavy (non-hydrogen) atoms. The Kier molecular flexibility index (Phi) is 10.9. The molecule has 0 heterocycles. The molecule has 5 rings (SSSR count). The molecule has 1 fully saturated rings. The lowest BCUT2D eigenvalue weighted by Crippen LogP contribution is -2.63. The number of rotatable bonds is 11. The Hall–Kier alpha value is -3.47. The van der Waals surface area contributed by atoms with E-state index in [2.05, 4.69) is 27.5 Å². The molecule has 0 unspecified atom stereocenters. The molecular formula is C34H44ClN5O4S. The summed E-state index contributed by atoms with van der Waals surface area (Å²) in [6.45, 7) is 3.83. The second-order valence-electron chi connectivity index (χ2n) is 12.8. The molecule has 0 spiro atoms. The van der Waals surface area contributed by atoms with E-state index in [1.54, 1.807) is 38.1 Å². The summed E-state index contributed by atoms with van der Waals surface area (Å²) in [6.07, 6.45) is 5.53. The molecule has 3 aromatic rings. The molecule has 0 aliphatic heterocycles. The SMILES string of the molecule is CC(C)[C@@H](NS(=O)(=O)CC1CCCCC1)C(=O)NC1(C(=O)NCc2ccc(C(=N)N)cc2)Cc2cc3ccccc3cc2C1.Cl. The van der Waals surface area contributed by atoms with Gasteiger partial charge in [0.05, 0.1) is 5.75 Å². The number of carbonyl (C=O) groups is 2. The van der Waals surface area contributed by atoms with Crippen LogP contribution in [0, 0.1) is 17.2 Å². The number of sulfonamides is 1. The third-order valence-corrected chi connectivity index (χ3v) is 10.5. The smallest absolute Gasteiger partial charge is 0.246 e. The van der Waals surface area contributed by atoms with Gasteiger partial charge in [-0.1, -0.05) is 93.8 Å². The van der Waals surface area contributed by atoms with Crippen molar-refractivity contribution >= 4 is 50.9 Å². The van der Waals surface area contributed by atoms with E-state index < -0.39 is 27.5 Å². The Balaban J connectivity index is 0.00000461. The molecule has 1 saturated carbocycles. The predicted molar refractivity (Wildman–Crippen MR) is 181 cm³/mol. The van der Waals surface area contributed by atoms with Gasteiger partial charge in [0.2, 0.25) is 21.8 Å². The number of hydrogen-bond acceptors (Lipinski definition) is 5. The zero-order valence-electron chi connectivity index (χ0n) is 25.9. The Morgan fingerprint density at radius 2 is 1.53 bits per heavy atom. The van der Waals surface area contributed by atoms with Crippen molar-refractivity contribution < 1.29 is 18.0 Å². The zero-order valence-corrected chi connectivity index (χ0v) is 27.5. The minimum Gasteiger partial charge on any atom is -0.384 e. The fourth-order valence-corrected chi connectivity index (χ4v) is 8.36. The van der Waals surface area contributed by atoms with Crippen molar-refractivity contribution in [2.75, 3.05) is 5.75 Å². The minimum absolute atomic E-state index is 0. The van der Waals surface area contributed by atoms with Crippen molar-refractivity contribution in [2.45, 2.75) is 76.9 Å². The maximum absolute atomic E-state index is 14.0. The normalized spacial score (nSPS) is 16.9. The van der Waals surface area contributed by atoms with Crippen LogP contribution in [0.25, 0.3) is 10.8 Å². The van der Waals surface area contributed by atoms with Gasteiger partial charge in [-0.15, -0.1) is 12.4 Å². The van der Waals surface area contributed by atoms with E-state index >= 15 is 0 Å². The Morgan fingerprint density at radius 3 is 2.07 bits per heavy atom. The maximum Gasteiger partial charge on any atom is 0.246 e. The van der Waals surface area contributed by atoms with Crippen LogP contribution < -0.4 is 21.1 Å². The van der Waals surface area contributed by atoms with Gasteiger partial charge in [-0.05, 0) is 52.1 Å². The zero-order chi connectivity index (χ0) is 31.5. The van der Waals surface area contributed by atoms with Gasteiger partial charge in [-0.2, -0.15) is 0 Å². The summed E-state index contributed by atoms with van der Waals surface area (Å²) < 4.78 is 29.1. The highest BCUT2D eigenvalue weighted by Gasteiger charge is 2.46. The summed E-state index contributed by atoms with van der Waals surface area (Å²) >= 11 is 0. The maximum atomic E-state index is 14.0. The van der Waals surface area contributed by atoms with E-state index in [1.807, 2.05) is 24.3 Å². The number of halogens is 1. The number of nitrogens with one attached hydrogen (secondary N) is 4. The number of amidine groups is 1. The van der Waals surface area contributed by atoms with Crippen LogP contribution in [0.4, 0.5) is 0 Å². The number of amides is 2. The molecule has 6 N–H and O–H groups in total. The van der Waals surface area contributed by atoms with Gasteiger partial charge in [0.1, 0.15) is 17.4 Å². The lowest BCUT2D eigenvalue weighted by Gasteiger charge is -2.32. The van der Waals surface area contributed by atoms with Crippen LogP contribution in [0.5, 0.6) is 0 Å². The van der Waals surface area contributed by atoms with Gasteiger partial charge in [0, 0.05) is 24.9 Å². The first-order valence-electron chi connectivity index (χ1n) is 15.5. The number of fused-ring (bicyclic) bond motifs is 2. The summed E-state index contributed by atoms with van der Waals surface area (Å²) in [5.74, 6) is -1.11. The number of hydrogen-bond donors (Lipinski definition) is 5. The molecule has 0 bridgehead atoms. The van der Waals surface area contributed by atoms with Crippen LogP contribution in [0.2, 0.25) is 0 Å². The van der Waals surface area contributed by atoms with Crippen LogP contribution in [-0.4, -0.2) is 43.4 Å². The molecule has 2 aliphatic carbocycles. The Bertz CT molecular complexity index is 1610. The molecule has 9 nitrogen and oxygen atoms in total. The average Bonchev–Trinajstić information content (AvgIpc) is 3.35. The van der Waals surface area contributed by atoms with E-state index in [0.29, 0.717) is 5.56 Å². The number of benzene rings is 3. The lowest BCUT2D eigenvalue weighted by atomic mass is 9.91. The summed E-state index contributed by atoms with van der Waals surface area (Å²) in [5, 5.41) is 15.8. The highest BCUT2D eigenvalue weighted by molar-refractivity contribution is 7.89. The van der Waals surface area contributed by atoms with Crippen LogP contribution in [-0.2, 0) is 39.0 Å². The number of nitrogens with two attached hydrogens (primary N) is 1. The fraction of sp³-hybridized carbons (Fsp3) is 0.441. The molecule has 3 aromatic carbocycles. The first-order chi connectivity index (χ1) is 20.9. The fourth-order valence-electron chi connectivity index (χ4n) is 6.55. The molecule has 242 valence electrons. The molecule has 11 heteroatoms. The van der Waals surface area contributed by atoms with E-state index in [0.717, 1.165) is 59.6 Å². The molecule has 2 aliphatic rings. The highest BCUT2D eigenvalue weighted by atomic mass is 35.5. The molecule has 2 amide bonds. The van der Waals surface area contributed by atoms with E-state index in [1.165, 1.54) is 0 Å². The second-order valence-corrected chi connectivity index (χ2v) is 14.6. The van der Waals surface area contributed by atoms with Gasteiger partial charge in [-0.25, -0.2) is 13.1 Å². The number of carbonyl (C=O) groups excluding carboxylic acids is 2. The molecule has 0 saturated heterocycles. The average molecular weight is 654 g/mol. The van der Waals surface area contributed by atoms with E-state index in [-0.39, 0.29) is 61.1 Å². The lowest BCUT2D eigenvalue weighted by molar-refractivity contribution is -0.134. The van der Waals surface area contributed by atoms with Crippen LogP contribution >= 0.6 is 12.4 Å². The largest absolute Gasteiger partial charge is 0.384 e. The van der Waals surface area contributed by atoms with Gasteiger partial charge in [0.15, 0.2) is 0 Å². The summed E-state index contributed by atoms with van der Waals surface area (Å²) in [5.41, 5.74) is 7.64. The summed E-state index contributed by atoms with van der Waals surface area (Å²) in [4.78, 5) is 28.0. The van der Waals surface area contributed by atoms with Gasteiger partial charge >= 0.3 is 0 Å². The highest BCUT2D eigenvalue weighted by Crippen LogP contribution is 2.34. The Labute approximate surface area is 272 Å². The number of nitrogen functional groups attached to an aromatic ring is 1. The Morgan fingerprint density at radius 1 is 0.956 bits per heavy atom. The van der Waals surface area contributed by atoms with Crippen molar-refractivity contribution in [3.05, 3.63) is 82.9 Å². The monoisotopic (exact) mass is 653 g/mol. The second kappa shape index (κ2) is 14.3. The minimum atomic E-state index is -3.72. The predicted octanol–water partition coefficient (Wildman–Crippen LogP) is 4.34. The van der Waals surface area contributed by atoms with E-state index in [4.69, 9.17) is 11.1 Å². The van der Waals surface area contributed by atoms with Gasteiger partial charge < -0.3 is 16.4 Å². The van der Waals surface area contributed by atoms with Crippen molar-refractivity contribution in [3.63, 3.8) is 0 Å². The summed E-state index contributed by atoms with van der Waals surface area (Å²) in [6, 6.07) is 18.2. The van der Waals surface area contributed by atoms with Crippen molar-refractivity contribution in [1.82, 2.24) is 15.4 Å². The first kappa shape index (κ1) is 34.4. The third-order valence-electron chi connectivity index (χ3n) is 9.00. The quantitative estimate of drug-likeness (QED) is 0.154. The molecular weight excluding hydrogens is 610 g/mol. The summed E-state index contributed by atoms with van der Waals surface area (Å²) in [7, 11) is -3.72. The van der Waals surface area contributed by atoms with Crippen LogP contribution in [0.1, 0.15) is 68.2 Å². The van der Waals surface area contributed by atoms with Crippen LogP contribution in [0.15, 0.2) is 60.7 Å². The van der Waals surface area contributed by atoms with Gasteiger partial charge in [-0.3, -0.25) is 15.0 Å². The van der Waals surface area contributed by atoms with Crippen LogP contribution in [0.3, 0.4) is 0 Å². The standard InChI is InChI=1S/C34H43N5O4S.ClH/c1-22(2)30(39-44(42,43)21-24-8-4-3-5-9-24)32(40)38-34(33(41)37-20-23-12-14-25(15-13-23)31(35)36)18-28-16-26-10-6-7-11-27(26)17-29(28)19-34;/h6-7,10-17,22,24,30,39H,3-5,8-9,18-21H2,1-2H3,(H3,35,36)(H,37,41)(H,38,40);1H/t30-;/m1./s1. The van der Waals surface area contributed by atoms with Crippen molar-refractivity contribution in [3.8, 4) is 0 Å². The van der Waals surface area contributed by atoms with Gasteiger partial charge in [0.25, 0.3) is 0 Å². The topological polar surface area (TPSA) is 154 Å². The van der Waals surface area contributed by atoms with Crippen molar-refractivity contribution in [1.29, 1.82) is 5.41 Å². The molecule has 1 atom stereocenters.